The molecule has 0 spiro atoms. The highest BCUT2D eigenvalue weighted by Gasteiger charge is 2.17. The molecule has 0 aliphatic carbocycles. The van der Waals surface area contributed by atoms with Crippen molar-refractivity contribution in [2.75, 3.05) is 7.11 Å². The second-order valence-electron chi connectivity index (χ2n) is 4.02. The van der Waals surface area contributed by atoms with Crippen molar-refractivity contribution in [2.45, 2.75) is 6.92 Å². The Bertz CT molecular complexity index is 743. The third-order valence-corrected chi connectivity index (χ3v) is 3.12. The predicted octanol–water partition coefficient (Wildman–Crippen LogP) is 2.23. The van der Waals surface area contributed by atoms with Crippen LogP contribution in [0.2, 0.25) is 0 Å². The van der Waals surface area contributed by atoms with Crippen LogP contribution in [0.5, 0.6) is 0 Å². The number of ether oxygens (including phenoxy) is 1. The molecule has 5 nitrogen and oxygen atoms in total. The number of methoxy groups -OCH3 is 1. The lowest BCUT2D eigenvalue weighted by atomic mass is 10.2. The minimum atomic E-state index is -0.858. The van der Waals surface area contributed by atoms with Gasteiger partial charge in [-0.05, 0) is 25.1 Å². The normalized spacial score (nSPS) is 10.4. The molecule has 0 fully saturated rings. The van der Waals surface area contributed by atoms with Crippen molar-refractivity contribution < 1.29 is 13.9 Å². The number of benzene rings is 1. The van der Waals surface area contributed by atoms with E-state index in [2.05, 4.69) is 25.8 Å². The molecule has 0 N–H and O–H groups in total. The topological polar surface area (TPSA) is 61.2 Å². The van der Waals surface area contributed by atoms with Gasteiger partial charge in [0.2, 0.25) is 11.1 Å². The zero-order valence-electron chi connectivity index (χ0n) is 10.7. The second-order valence-corrected chi connectivity index (χ2v) is 4.94. The van der Waals surface area contributed by atoms with E-state index in [1.54, 1.807) is 0 Å². The summed E-state index contributed by atoms with van der Waals surface area (Å²) in [5.41, 5.74) is -0.539. The molecule has 0 aliphatic heterocycles. The number of nitrogens with zero attached hydrogens (tertiary/aromatic N) is 2. The Hall–Kier alpha value is -2.02. The van der Waals surface area contributed by atoms with Crippen LogP contribution < -0.4 is 5.43 Å². The molecular weight excluding hydrogens is 331 g/mol. The summed E-state index contributed by atoms with van der Waals surface area (Å²) in [4.78, 5) is 23.3. The van der Waals surface area contributed by atoms with Gasteiger partial charge in [-0.15, -0.1) is 0 Å². The molecule has 0 saturated carbocycles. The molecule has 2 aromatic rings. The molecule has 1 aromatic carbocycles. The van der Waals surface area contributed by atoms with E-state index in [1.165, 1.54) is 31.3 Å². The minimum absolute atomic E-state index is 0.118. The summed E-state index contributed by atoms with van der Waals surface area (Å²) < 4.78 is 20.1. The van der Waals surface area contributed by atoms with Crippen LogP contribution in [0.1, 0.15) is 16.1 Å². The number of carbonyl (C=O) groups excluding carboxylic acids is 1. The predicted molar refractivity (Wildman–Crippen MR) is 73.6 cm³/mol. The number of hydrogen-bond donors (Lipinski definition) is 0. The maximum Gasteiger partial charge on any atom is 0.362 e. The van der Waals surface area contributed by atoms with Gasteiger partial charge >= 0.3 is 5.97 Å². The molecule has 0 radical (unpaired) electrons. The molecule has 0 atom stereocenters. The lowest BCUT2D eigenvalue weighted by Gasteiger charge is -2.09. The van der Waals surface area contributed by atoms with Crippen LogP contribution in [0.3, 0.4) is 0 Å². The van der Waals surface area contributed by atoms with E-state index in [9.17, 15) is 14.0 Å². The highest BCUT2D eigenvalue weighted by molar-refractivity contribution is 9.10. The first-order valence-electron chi connectivity index (χ1n) is 5.58. The lowest BCUT2D eigenvalue weighted by Crippen LogP contribution is -2.24. The average Bonchev–Trinajstić information content (AvgIpc) is 2.43. The maximum atomic E-state index is 13.8. The van der Waals surface area contributed by atoms with Crippen molar-refractivity contribution >= 4 is 21.9 Å². The van der Waals surface area contributed by atoms with Gasteiger partial charge in [-0.3, -0.25) is 4.79 Å². The molecule has 1 heterocycles. The summed E-state index contributed by atoms with van der Waals surface area (Å²) >= 11 is 3.23. The number of halogens is 2. The monoisotopic (exact) mass is 340 g/mol. The van der Waals surface area contributed by atoms with Gasteiger partial charge in [0.05, 0.1) is 7.11 Å². The van der Waals surface area contributed by atoms with Gasteiger partial charge in [0.15, 0.2) is 0 Å². The Morgan fingerprint density at radius 2 is 2.15 bits per heavy atom. The van der Waals surface area contributed by atoms with E-state index in [0.717, 1.165) is 11.8 Å². The van der Waals surface area contributed by atoms with E-state index in [4.69, 9.17) is 0 Å². The van der Waals surface area contributed by atoms with Gasteiger partial charge < -0.3 is 4.74 Å². The van der Waals surface area contributed by atoms with Crippen LogP contribution in [-0.2, 0) is 4.74 Å². The van der Waals surface area contributed by atoms with E-state index in [1.807, 2.05) is 0 Å². The number of carbonyl (C=O) groups is 1. The van der Waals surface area contributed by atoms with Crippen molar-refractivity contribution in [3.63, 3.8) is 0 Å². The van der Waals surface area contributed by atoms with Gasteiger partial charge in [-0.25, -0.2) is 13.9 Å². The fourth-order valence-corrected chi connectivity index (χ4v) is 1.97. The van der Waals surface area contributed by atoms with Crippen LogP contribution in [0.15, 0.2) is 33.7 Å². The molecule has 20 heavy (non-hydrogen) atoms. The lowest BCUT2D eigenvalue weighted by molar-refractivity contribution is 0.0590. The summed E-state index contributed by atoms with van der Waals surface area (Å²) in [6.07, 6.45) is 1.36. The molecule has 0 aliphatic rings. The summed E-state index contributed by atoms with van der Waals surface area (Å²) in [6, 6.07) is 4.29. The van der Waals surface area contributed by atoms with Crippen molar-refractivity contribution in [1.29, 1.82) is 0 Å². The Morgan fingerprint density at radius 1 is 1.45 bits per heavy atom. The van der Waals surface area contributed by atoms with E-state index in [0.29, 0.717) is 4.47 Å². The van der Waals surface area contributed by atoms with Crippen molar-refractivity contribution in [3.05, 3.63) is 56.2 Å². The Labute approximate surface area is 122 Å². The third kappa shape index (κ3) is 2.62. The average molecular weight is 341 g/mol. The Balaban J connectivity index is 2.70. The van der Waals surface area contributed by atoms with Crippen LogP contribution >= 0.6 is 15.9 Å². The number of esters is 1. The Kier molecular flexibility index (Phi) is 3.99. The molecule has 0 saturated heterocycles. The van der Waals surface area contributed by atoms with Gasteiger partial charge in [-0.1, -0.05) is 15.9 Å². The largest absolute Gasteiger partial charge is 0.464 e. The van der Waals surface area contributed by atoms with Crippen LogP contribution in [0.25, 0.3) is 5.69 Å². The molecule has 0 unspecified atom stereocenters. The molecule has 7 heteroatoms. The minimum Gasteiger partial charge on any atom is -0.464 e. The smallest absolute Gasteiger partial charge is 0.362 e. The first kappa shape index (κ1) is 14.4. The fraction of sp³-hybridized carbons (Fsp3) is 0.154. The van der Waals surface area contributed by atoms with Crippen LogP contribution in [0, 0.1) is 12.7 Å². The van der Waals surface area contributed by atoms with Gasteiger partial charge in [0, 0.05) is 16.2 Å². The summed E-state index contributed by atoms with van der Waals surface area (Å²) in [5.74, 6) is -1.39. The van der Waals surface area contributed by atoms with Crippen LogP contribution in [-0.4, -0.2) is 22.9 Å². The molecule has 0 bridgehead atoms. The molecule has 1 aromatic heterocycles. The van der Waals surface area contributed by atoms with Crippen LogP contribution in [0.4, 0.5) is 4.39 Å². The first-order valence-corrected chi connectivity index (χ1v) is 6.37. The number of hydrogen-bond acceptors (Lipinski definition) is 4. The first-order chi connectivity index (χ1) is 9.43. The molecular formula is C13H10BrFN2O3. The molecule has 2 rings (SSSR count). The maximum absolute atomic E-state index is 13.8. The van der Waals surface area contributed by atoms with Gasteiger partial charge in [-0.2, -0.15) is 5.10 Å². The summed E-state index contributed by atoms with van der Waals surface area (Å²) in [5, 5.41) is 3.84. The van der Waals surface area contributed by atoms with E-state index < -0.39 is 17.2 Å². The van der Waals surface area contributed by atoms with Crippen molar-refractivity contribution in [2.24, 2.45) is 0 Å². The van der Waals surface area contributed by atoms with E-state index in [-0.39, 0.29) is 16.9 Å². The number of aromatic nitrogens is 2. The fourth-order valence-electron chi connectivity index (χ4n) is 1.63. The Morgan fingerprint density at radius 3 is 2.80 bits per heavy atom. The van der Waals surface area contributed by atoms with Crippen molar-refractivity contribution in [3.8, 4) is 5.69 Å². The highest BCUT2D eigenvalue weighted by atomic mass is 79.9. The zero-order valence-corrected chi connectivity index (χ0v) is 12.3. The number of rotatable bonds is 2. The quantitative estimate of drug-likeness (QED) is 0.786. The standard InChI is InChI=1S/C13H10BrFN2O3/c1-7-6-17(10-5-8(14)3-4-9(10)15)16-11(12(7)18)13(19)20-2/h3-6H,1-2H3. The van der Waals surface area contributed by atoms with E-state index >= 15 is 0 Å². The summed E-state index contributed by atoms with van der Waals surface area (Å²) in [6.45, 7) is 1.52. The molecule has 104 valence electrons. The second kappa shape index (κ2) is 5.54. The third-order valence-electron chi connectivity index (χ3n) is 2.63. The zero-order chi connectivity index (χ0) is 14.9. The highest BCUT2D eigenvalue weighted by Crippen LogP contribution is 2.18. The van der Waals surface area contributed by atoms with Crippen molar-refractivity contribution in [1.82, 2.24) is 9.78 Å². The SMILES string of the molecule is COC(=O)c1nn(-c2cc(Br)ccc2F)cc(C)c1=O. The van der Waals surface area contributed by atoms with Gasteiger partial charge in [0.1, 0.15) is 11.5 Å². The number of aryl methyl sites for hydroxylation is 1. The van der Waals surface area contributed by atoms with Gasteiger partial charge in [0.25, 0.3) is 0 Å². The molecule has 0 amide bonds. The summed E-state index contributed by atoms with van der Waals surface area (Å²) in [7, 11) is 1.15.